The molecule has 0 fully saturated rings. The van der Waals surface area contributed by atoms with E-state index in [1.165, 1.54) is 43.5 Å². The van der Waals surface area contributed by atoms with E-state index in [9.17, 15) is 9.70 Å². The zero-order chi connectivity index (χ0) is 39.5. The summed E-state index contributed by atoms with van der Waals surface area (Å²) in [5, 5.41) is 2.84. The van der Waals surface area contributed by atoms with Crippen molar-refractivity contribution < 1.29 is 66.4 Å². The molecule has 0 aromatic heterocycles. The highest BCUT2D eigenvalue weighted by Gasteiger charge is 2.17. The Morgan fingerprint density at radius 3 is 1.27 bits per heavy atom. The van der Waals surface area contributed by atoms with Crippen molar-refractivity contribution in [1.29, 1.82) is 0 Å². The molecule has 16 nitrogen and oxygen atoms in total. The van der Waals surface area contributed by atoms with Gasteiger partial charge in [0, 0.05) is 26.9 Å². The van der Waals surface area contributed by atoms with Gasteiger partial charge in [0.1, 0.15) is 11.4 Å². The van der Waals surface area contributed by atoms with Crippen molar-refractivity contribution in [1.82, 2.24) is 0 Å². The quantitative estimate of drug-likeness (QED) is 0.0331. The Bertz CT molecular complexity index is 960. The first-order valence-corrected chi connectivity index (χ1v) is 19.8. The van der Waals surface area contributed by atoms with Crippen molar-refractivity contribution in [2.45, 2.75) is 64.4 Å². The molecule has 0 aliphatic carbocycles. The van der Waals surface area contributed by atoms with E-state index >= 15 is 0 Å². The second kappa shape index (κ2) is 41.3. The monoisotopic (exact) mass is 791 g/mol. The Kier molecular flexibility index (Phi) is 38.0. The second-order valence-electron chi connectivity index (χ2n) is 12.2. The molecule has 320 valence electrons. The first-order chi connectivity index (χ1) is 27.2. The van der Waals surface area contributed by atoms with E-state index in [2.05, 4.69) is 12.1 Å². The third-order valence-corrected chi connectivity index (χ3v) is 7.52. The molecule has 0 spiro atoms. The summed E-state index contributed by atoms with van der Waals surface area (Å²) in [6, 6.07) is 5.80. The molecule has 0 aliphatic heterocycles. The van der Waals surface area contributed by atoms with Crippen LogP contribution in [-0.2, 0) is 56.8 Å². The minimum atomic E-state index is -0.908. The van der Waals surface area contributed by atoms with Gasteiger partial charge in [-0.25, -0.2) is 4.79 Å². The number of unbranched alkanes of at least 4 members (excludes halogenated alkanes) is 6. The summed E-state index contributed by atoms with van der Waals surface area (Å²) >= 11 is 0. The van der Waals surface area contributed by atoms with Gasteiger partial charge in [0.15, 0.2) is 6.10 Å². The number of ether oxygens (including phenoxy) is 13. The van der Waals surface area contributed by atoms with Crippen LogP contribution in [0.1, 0.15) is 58.3 Å². The van der Waals surface area contributed by atoms with Gasteiger partial charge in [-0.1, -0.05) is 39.0 Å². The summed E-state index contributed by atoms with van der Waals surface area (Å²) in [7, 11) is 1.64. The van der Waals surface area contributed by atoms with E-state index in [4.69, 9.17) is 61.6 Å². The van der Waals surface area contributed by atoms with E-state index in [-0.39, 0.29) is 24.7 Å². The molecule has 16 heteroatoms. The lowest BCUT2D eigenvalue weighted by Crippen LogP contribution is -2.30. The molecule has 0 radical (unpaired) electrons. The minimum Gasteiger partial charge on any atom is -0.426 e. The maximum Gasteiger partial charge on any atom is 0.514 e. The molecule has 0 saturated carbocycles. The Hall–Kier alpha value is -2.35. The number of rotatable bonds is 43. The summed E-state index contributed by atoms with van der Waals surface area (Å²) in [4.78, 5) is 23.1. The van der Waals surface area contributed by atoms with Gasteiger partial charge in [-0.3, -0.25) is 0 Å². The van der Waals surface area contributed by atoms with Crippen LogP contribution in [0.5, 0.6) is 5.75 Å². The fourth-order valence-electron chi connectivity index (χ4n) is 4.55. The number of nitroso groups, excluding NO2 is 1. The van der Waals surface area contributed by atoms with Crippen molar-refractivity contribution in [3.8, 4) is 5.75 Å². The van der Waals surface area contributed by atoms with Gasteiger partial charge in [0.25, 0.3) is 0 Å². The predicted octanol–water partition coefficient (Wildman–Crippen LogP) is 5.92. The molecule has 0 aliphatic rings. The number of carbonyl (C=O) groups is 1. The van der Waals surface area contributed by atoms with Gasteiger partial charge in [0.2, 0.25) is 0 Å². The summed E-state index contributed by atoms with van der Waals surface area (Å²) < 4.78 is 71.2. The first-order valence-electron chi connectivity index (χ1n) is 19.8. The Balaban J connectivity index is 2.10. The average molecular weight is 792 g/mol. The van der Waals surface area contributed by atoms with Crippen molar-refractivity contribution >= 4 is 11.8 Å². The predicted molar refractivity (Wildman–Crippen MR) is 205 cm³/mol. The largest absolute Gasteiger partial charge is 0.514 e. The molecular weight excluding hydrogens is 722 g/mol. The molecule has 1 rings (SSSR count). The van der Waals surface area contributed by atoms with Crippen LogP contribution in [0.4, 0.5) is 10.5 Å². The lowest BCUT2D eigenvalue weighted by atomic mass is 10.2. The molecule has 0 bridgehead atoms. The van der Waals surface area contributed by atoms with Crippen LogP contribution in [-0.4, -0.2) is 158 Å². The van der Waals surface area contributed by atoms with Crippen molar-refractivity contribution in [3.05, 3.63) is 29.2 Å². The highest BCUT2D eigenvalue weighted by Crippen LogP contribution is 2.18. The molecule has 1 aromatic carbocycles. The number of hydrogen-bond donors (Lipinski definition) is 0. The molecule has 0 heterocycles. The standard InChI is InChI=1S/C39H69NO15/c1-3-4-5-8-15-44-20-22-47-27-29-50-30-31-51-32-33-53-35-38(55-39(41)54-37-13-11-36(40-42)12-14-37)34-52-17-10-7-6-9-16-45-21-23-48-26-28-49-25-24-46-19-18-43-2/h11-14,38H,3-10,15-35H2,1-2H3. The normalized spacial score (nSPS) is 11.9. The van der Waals surface area contributed by atoms with E-state index in [1.54, 1.807) is 7.11 Å². The number of carbonyl (C=O) groups excluding carboxylic acids is 1. The molecule has 0 saturated heterocycles. The zero-order valence-electron chi connectivity index (χ0n) is 33.5. The van der Waals surface area contributed by atoms with Gasteiger partial charge < -0.3 is 61.6 Å². The summed E-state index contributed by atoms with van der Waals surface area (Å²) in [5.74, 6) is 0.222. The SMILES string of the molecule is CCCCCCOCCOCCOCCOCCOCC(COCCCCCCOCCOCCOCCOCCOC)OC(=O)Oc1ccc(N=O)cc1. The van der Waals surface area contributed by atoms with Gasteiger partial charge in [-0.2, -0.15) is 0 Å². The summed E-state index contributed by atoms with van der Waals surface area (Å²) in [6.07, 6.45) is 6.96. The van der Waals surface area contributed by atoms with Crippen molar-refractivity contribution in [2.75, 3.05) is 146 Å². The average Bonchev–Trinajstić information content (AvgIpc) is 3.19. The third-order valence-electron chi connectivity index (χ3n) is 7.52. The van der Waals surface area contributed by atoms with E-state index in [1.807, 2.05) is 0 Å². The Morgan fingerprint density at radius 2 is 0.855 bits per heavy atom. The van der Waals surface area contributed by atoms with Crippen molar-refractivity contribution in [2.24, 2.45) is 5.18 Å². The van der Waals surface area contributed by atoms with Crippen LogP contribution in [0.15, 0.2) is 29.4 Å². The first kappa shape index (κ1) is 50.7. The second-order valence-corrected chi connectivity index (χ2v) is 12.2. The molecule has 0 amide bonds. The Labute approximate surface area is 328 Å². The molecule has 0 N–H and O–H groups in total. The topological polar surface area (TPSA) is 166 Å². The van der Waals surface area contributed by atoms with E-state index in [0.29, 0.717) is 119 Å². The molecule has 1 unspecified atom stereocenters. The number of methoxy groups -OCH3 is 1. The van der Waals surface area contributed by atoms with E-state index in [0.717, 1.165) is 38.7 Å². The molecule has 1 aromatic rings. The molecule has 55 heavy (non-hydrogen) atoms. The van der Waals surface area contributed by atoms with Gasteiger partial charge >= 0.3 is 6.16 Å². The number of hydrogen-bond acceptors (Lipinski definition) is 16. The fourth-order valence-corrected chi connectivity index (χ4v) is 4.55. The highest BCUT2D eigenvalue weighted by molar-refractivity contribution is 5.64. The Morgan fingerprint density at radius 1 is 0.491 bits per heavy atom. The van der Waals surface area contributed by atoms with Crippen LogP contribution in [0, 0.1) is 4.91 Å². The fraction of sp³-hybridized carbons (Fsp3) is 0.821. The summed E-state index contributed by atoms with van der Waals surface area (Å²) in [5.41, 5.74) is 0.222. The maximum atomic E-state index is 12.5. The van der Waals surface area contributed by atoms with Crippen LogP contribution < -0.4 is 4.74 Å². The van der Waals surface area contributed by atoms with E-state index < -0.39 is 12.3 Å². The number of nitrogens with zero attached hydrogens (tertiary/aromatic N) is 1. The third kappa shape index (κ3) is 35.8. The van der Waals surface area contributed by atoms with Crippen LogP contribution >= 0.6 is 0 Å². The highest BCUT2D eigenvalue weighted by atomic mass is 16.7. The number of benzene rings is 1. The van der Waals surface area contributed by atoms with Gasteiger partial charge in [-0.05, 0) is 48.7 Å². The molecule has 1 atom stereocenters. The van der Waals surface area contributed by atoms with Crippen LogP contribution in [0.25, 0.3) is 0 Å². The van der Waals surface area contributed by atoms with Crippen LogP contribution in [0.2, 0.25) is 0 Å². The molecular formula is C39H69NO15. The smallest absolute Gasteiger partial charge is 0.426 e. The van der Waals surface area contributed by atoms with Gasteiger partial charge in [-0.15, -0.1) is 4.91 Å². The summed E-state index contributed by atoms with van der Waals surface area (Å²) in [6.45, 7) is 12.4. The minimum absolute atomic E-state index is 0.0983. The lowest BCUT2D eigenvalue weighted by molar-refractivity contribution is -0.0527. The van der Waals surface area contributed by atoms with Gasteiger partial charge in [0.05, 0.1) is 119 Å². The van der Waals surface area contributed by atoms with Crippen LogP contribution in [0.3, 0.4) is 0 Å². The maximum absolute atomic E-state index is 12.5. The van der Waals surface area contributed by atoms with Crippen molar-refractivity contribution in [3.63, 3.8) is 0 Å². The lowest BCUT2D eigenvalue weighted by Gasteiger charge is -2.18. The zero-order valence-corrected chi connectivity index (χ0v) is 33.5.